The molecule has 0 saturated heterocycles. The molecule has 2 rings (SSSR count). The lowest BCUT2D eigenvalue weighted by Crippen LogP contribution is -3.61. The smallest absolute Gasteiger partial charge is 0.357 e. The fourth-order valence-corrected chi connectivity index (χ4v) is 4.03. The lowest BCUT2D eigenvalue weighted by molar-refractivity contribution is -0.597. The number of halogens is 5. The minimum atomic E-state index is -3.97. The van der Waals surface area contributed by atoms with E-state index in [9.17, 15) is 17.6 Å². The summed E-state index contributed by atoms with van der Waals surface area (Å²) in [5, 5.41) is 8.23. The quantitative estimate of drug-likeness (QED) is 0.375. The van der Waals surface area contributed by atoms with Crippen molar-refractivity contribution in [2.45, 2.75) is 38.0 Å². The van der Waals surface area contributed by atoms with Gasteiger partial charge < -0.3 is 5.11 Å². The van der Waals surface area contributed by atoms with Crippen LogP contribution in [-0.2, 0) is 0 Å². The second kappa shape index (κ2) is 10.8. The van der Waals surface area contributed by atoms with Crippen LogP contribution in [0.15, 0.2) is 60.7 Å². The van der Waals surface area contributed by atoms with Crippen LogP contribution in [0, 0.1) is 7.14 Å². The fourth-order valence-electron chi connectivity index (χ4n) is 1.76. The molecule has 25 heavy (non-hydrogen) atoms. The van der Waals surface area contributed by atoms with E-state index in [1.165, 1.54) is 7.14 Å². The molecule has 0 aliphatic heterocycles. The van der Waals surface area contributed by atoms with E-state index in [0.29, 0.717) is 0 Å². The van der Waals surface area contributed by atoms with Crippen LogP contribution in [0.1, 0.15) is 26.2 Å². The van der Waals surface area contributed by atoms with E-state index in [2.05, 4.69) is 60.7 Å². The van der Waals surface area contributed by atoms with Crippen LogP contribution < -0.4 is 21.2 Å². The molecule has 2 aromatic carbocycles. The van der Waals surface area contributed by atoms with Gasteiger partial charge in [0.15, 0.2) is 7.14 Å². The van der Waals surface area contributed by atoms with Crippen LogP contribution in [0.3, 0.4) is 0 Å². The number of hydrogen-bond donors (Lipinski definition) is 1. The number of aliphatic hydroxyl groups is 1. The maximum Gasteiger partial charge on any atom is 0.357 e. The molecule has 0 bridgehead atoms. The van der Waals surface area contributed by atoms with Crippen LogP contribution in [0.4, 0.5) is 17.6 Å². The Hall–Kier alpha value is -1.15. The molecule has 1 N–H and O–H groups in total. The highest BCUT2D eigenvalue weighted by Gasteiger charge is 2.51. The van der Waals surface area contributed by atoms with Gasteiger partial charge in [0, 0.05) is 20.0 Å². The minimum Gasteiger partial charge on any atom is -0.396 e. The van der Waals surface area contributed by atoms with E-state index in [-0.39, 0.29) is 47.6 Å². The molecular formula is C19H22F4IO+. The Morgan fingerprint density at radius 2 is 1.24 bits per heavy atom. The Bertz CT molecular complexity index is 548. The Morgan fingerprint density at radius 1 is 0.800 bits per heavy atom. The van der Waals surface area contributed by atoms with E-state index in [0.717, 1.165) is 0 Å². The highest BCUT2D eigenvalue weighted by atomic mass is 127. The zero-order valence-corrected chi connectivity index (χ0v) is 16.1. The van der Waals surface area contributed by atoms with Crippen LogP contribution in [-0.4, -0.2) is 23.6 Å². The van der Waals surface area contributed by atoms with Gasteiger partial charge in [-0.2, -0.15) is 8.78 Å². The number of unbranched alkanes of at least 4 members (excludes halogenated alkanes) is 1. The van der Waals surface area contributed by atoms with Gasteiger partial charge in [0.05, 0.1) is 0 Å². The van der Waals surface area contributed by atoms with Crippen molar-refractivity contribution in [3.8, 4) is 0 Å². The molecule has 0 saturated carbocycles. The first kappa shape index (κ1) is 21.9. The first-order valence-corrected chi connectivity index (χ1v) is 10.0. The zero-order chi connectivity index (χ0) is 18.8. The summed E-state index contributed by atoms with van der Waals surface area (Å²) in [5.41, 5.74) is 0. The highest BCUT2D eigenvalue weighted by molar-refractivity contribution is 5.02. The molecule has 0 fully saturated rings. The predicted molar refractivity (Wildman–Crippen MR) is 86.8 cm³/mol. The van der Waals surface area contributed by atoms with Gasteiger partial charge in [0.2, 0.25) is 0 Å². The van der Waals surface area contributed by atoms with Crippen molar-refractivity contribution in [2.75, 3.05) is 6.61 Å². The molecule has 0 aliphatic carbocycles. The molecule has 0 amide bonds. The monoisotopic (exact) mass is 469 g/mol. The maximum atomic E-state index is 12.4. The zero-order valence-electron chi connectivity index (χ0n) is 13.9. The molecule has 0 atom stereocenters. The average molecular weight is 469 g/mol. The molecule has 0 radical (unpaired) electrons. The van der Waals surface area contributed by atoms with Gasteiger partial charge in [-0.3, -0.25) is 0 Å². The first-order valence-electron chi connectivity index (χ1n) is 7.88. The summed E-state index contributed by atoms with van der Waals surface area (Å²) in [6, 6.07) is 21.4. The van der Waals surface area contributed by atoms with Crippen LogP contribution in [0.2, 0.25) is 0 Å². The van der Waals surface area contributed by atoms with Crippen molar-refractivity contribution in [1.82, 2.24) is 0 Å². The minimum absolute atomic E-state index is 0.0287. The highest BCUT2D eigenvalue weighted by Crippen LogP contribution is 2.37. The van der Waals surface area contributed by atoms with Gasteiger partial charge >= 0.3 is 33.1 Å². The van der Waals surface area contributed by atoms with Gasteiger partial charge in [-0.05, 0) is 37.1 Å². The van der Waals surface area contributed by atoms with Gasteiger partial charge in [0.1, 0.15) is 0 Å². The number of rotatable bonds is 7. The van der Waals surface area contributed by atoms with E-state index >= 15 is 0 Å². The average Bonchev–Trinajstić information content (AvgIpc) is 2.56. The van der Waals surface area contributed by atoms with E-state index in [1.54, 1.807) is 0 Å². The predicted octanol–water partition coefficient (Wildman–Crippen LogP) is 2.25. The lowest BCUT2D eigenvalue weighted by Gasteiger charge is -2.22. The van der Waals surface area contributed by atoms with Crippen molar-refractivity contribution in [2.24, 2.45) is 0 Å². The molecule has 1 nitrogen and oxygen atoms in total. The van der Waals surface area contributed by atoms with Gasteiger partial charge in [-0.25, -0.2) is 8.78 Å². The molecule has 6 heteroatoms. The summed E-state index contributed by atoms with van der Waals surface area (Å²) in [4.78, 5) is 0. The standard InChI is InChI=1S/C12H10I.C7H12F4O/c1-3-7-11(8-4-1)13-12-9-5-2-6-10-12;1-6(8,9)7(10,11)4-2-3-5-12/h1-10H;12H,2-5H2,1H3/q+1;. The van der Waals surface area contributed by atoms with Crippen molar-refractivity contribution in [1.29, 1.82) is 0 Å². The Balaban J connectivity index is 0.000000252. The van der Waals surface area contributed by atoms with Crippen LogP contribution in [0.5, 0.6) is 0 Å². The molecular weight excluding hydrogens is 447 g/mol. The summed E-state index contributed by atoms with van der Waals surface area (Å²) in [7, 11) is 0. The van der Waals surface area contributed by atoms with Gasteiger partial charge in [-0.1, -0.05) is 36.4 Å². The second-order valence-electron chi connectivity index (χ2n) is 5.46. The van der Waals surface area contributed by atoms with E-state index < -0.39 is 18.3 Å². The Morgan fingerprint density at radius 3 is 1.60 bits per heavy atom. The third-order valence-corrected chi connectivity index (χ3v) is 5.91. The van der Waals surface area contributed by atoms with Crippen molar-refractivity contribution >= 4 is 0 Å². The van der Waals surface area contributed by atoms with Gasteiger partial charge in [0.25, 0.3) is 0 Å². The SMILES string of the molecule is CC(F)(F)C(F)(F)CCCCO.c1ccc([I+]c2ccccc2)cc1. The van der Waals surface area contributed by atoms with Crippen molar-refractivity contribution in [3.05, 3.63) is 67.8 Å². The first-order chi connectivity index (χ1) is 11.8. The fraction of sp³-hybridized carbons (Fsp3) is 0.368. The van der Waals surface area contributed by atoms with Gasteiger partial charge in [-0.15, -0.1) is 0 Å². The Labute approximate surface area is 156 Å². The lowest BCUT2D eigenvalue weighted by atomic mass is 10.1. The van der Waals surface area contributed by atoms with Crippen LogP contribution >= 0.6 is 0 Å². The van der Waals surface area contributed by atoms with E-state index in [4.69, 9.17) is 5.11 Å². The molecule has 0 aromatic heterocycles. The summed E-state index contributed by atoms with van der Waals surface area (Å²) >= 11 is 0.0287. The molecule has 0 aliphatic rings. The van der Waals surface area contributed by atoms with Crippen molar-refractivity contribution < 1.29 is 43.9 Å². The molecule has 0 heterocycles. The number of aliphatic hydroxyl groups excluding tert-OH is 1. The number of benzene rings is 2. The third-order valence-electron chi connectivity index (χ3n) is 3.23. The number of alkyl halides is 4. The topological polar surface area (TPSA) is 20.2 Å². The third kappa shape index (κ3) is 8.67. The maximum absolute atomic E-state index is 12.4. The van der Waals surface area contributed by atoms with Crippen LogP contribution in [0.25, 0.3) is 0 Å². The molecule has 0 spiro atoms. The summed E-state index contributed by atoms with van der Waals surface area (Å²) < 4.78 is 52.0. The summed E-state index contributed by atoms with van der Waals surface area (Å²) in [6.07, 6.45) is -0.838. The Kier molecular flexibility index (Phi) is 9.42. The largest absolute Gasteiger partial charge is 0.396 e. The normalized spacial score (nSPS) is 11.6. The second-order valence-corrected chi connectivity index (χ2v) is 8.49. The molecule has 138 valence electrons. The molecule has 2 aromatic rings. The molecule has 0 unspecified atom stereocenters. The summed E-state index contributed by atoms with van der Waals surface area (Å²) in [6.45, 7) is -0.0443. The van der Waals surface area contributed by atoms with E-state index in [1.807, 2.05) is 0 Å². The summed E-state index contributed by atoms with van der Waals surface area (Å²) in [5.74, 6) is -7.93. The number of hydrogen-bond acceptors (Lipinski definition) is 1. The van der Waals surface area contributed by atoms with Crippen molar-refractivity contribution in [3.63, 3.8) is 0 Å².